The molecule has 2 heterocycles. The van der Waals surface area contributed by atoms with Crippen LogP contribution >= 0.6 is 22.9 Å². The van der Waals surface area contributed by atoms with E-state index in [4.69, 9.17) is 11.6 Å². The molecule has 1 N–H and O–H groups in total. The van der Waals surface area contributed by atoms with Crippen molar-refractivity contribution in [3.8, 4) is 0 Å². The van der Waals surface area contributed by atoms with Gasteiger partial charge in [0, 0.05) is 13.1 Å². The zero-order valence-electron chi connectivity index (χ0n) is 9.65. The van der Waals surface area contributed by atoms with Crippen LogP contribution in [0.15, 0.2) is 0 Å². The number of amides is 1. The molecule has 0 spiro atoms. The fourth-order valence-corrected chi connectivity index (χ4v) is 2.79. The lowest BCUT2D eigenvalue weighted by molar-refractivity contribution is 0.0935. The molecule has 0 aliphatic carbocycles. The SMILES string of the molecule is CN1CCCC(CNC(=O)c2nnc(Cl)s2)C1. The molecule has 1 amide bonds. The van der Waals surface area contributed by atoms with Crippen LogP contribution in [-0.4, -0.2) is 47.7 Å². The zero-order chi connectivity index (χ0) is 12.3. The lowest BCUT2D eigenvalue weighted by atomic mass is 9.98. The summed E-state index contributed by atoms with van der Waals surface area (Å²) in [5.41, 5.74) is 0. The molecule has 1 aromatic rings. The number of hydrogen-bond acceptors (Lipinski definition) is 5. The largest absolute Gasteiger partial charge is 0.350 e. The van der Waals surface area contributed by atoms with Crippen LogP contribution in [0.3, 0.4) is 0 Å². The van der Waals surface area contributed by atoms with Crippen molar-refractivity contribution >= 4 is 28.8 Å². The van der Waals surface area contributed by atoms with Crippen LogP contribution in [0.5, 0.6) is 0 Å². The number of carbonyl (C=O) groups is 1. The average molecular weight is 275 g/mol. The van der Waals surface area contributed by atoms with Gasteiger partial charge in [-0.05, 0) is 44.0 Å². The van der Waals surface area contributed by atoms with Gasteiger partial charge in [0.05, 0.1) is 0 Å². The van der Waals surface area contributed by atoms with E-state index in [0.29, 0.717) is 21.9 Å². The van der Waals surface area contributed by atoms with E-state index in [-0.39, 0.29) is 5.91 Å². The van der Waals surface area contributed by atoms with E-state index in [1.54, 1.807) is 0 Å². The molecule has 1 aliphatic heterocycles. The fraction of sp³-hybridized carbons (Fsp3) is 0.700. The van der Waals surface area contributed by atoms with E-state index in [1.165, 1.54) is 12.8 Å². The Hall–Kier alpha value is -0.720. The molecular formula is C10H15ClN4OS. The van der Waals surface area contributed by atoms with Crippen molar-refractivity contribution in [1.82, 2.24) is 20.4 Å². The maximum atomic E-state index is 11.7. The highest BCUT2D eigenvalue weighted by atomic mass is 35.5. The number of nitrogens with zero attached hydrogens (tertiary/aromatic N) is 3. The topological polar surface area (TPSA) is 58.1 Å². The molecule has 1 aliphatic rings. The van der Waals surface area contributed by atoms with Crippen LogP contribution in [0.25, 0.3) is 0 Å². The average Bonchev–Trinajstić information content (AvgIpc) is 2.73. The van der Waals surface area contributed by atoms with E-state index < -0.39 is 0 Å². The van der Waals surface area contributed by atoms with Gasteiger partial charge in [-0.3, -0.25) is 4.79 Å². The van der Waals surface area contributed by atoms with E-state index in [2.05, 4.69) is 27.5 Å². The van der Waals surface area contributed by atoms with Crippen molar-refractivity contribution in [1.29, 1.82) is 0 Å². The number of hydrogen-bond donors (Lipinski definition) is 1. The van der Waals surface area contributed by atoms with Crippen molar-refractivity contribution in [3.63, 3.8) is 0 Å². The summed E-state index contributed by atoms with van der Waals surface area (Å²) in [4.78, 5) is 14.0. The second-order valence-corrected chi connectivity index (χ2v) is 5.90. The first-order chi connectivity index (χ1) is 8.15. The summed E-state index contributed by atoms with van der Waals surface area (Å²) in [6, 6.07) is 0. The van der Waals surface area contributed by atoms with Crippen molar-refractivity contribution in [2.75, 3.05) is 26.7 Å². The first-order valence-corrected chi connectivity index (χ1v) is 6.80. The number of aromatic nitrogens is 2. The van der Waals surface area contributed by atoms with Crippen molar-refractivity contribution in [2.45, 2.75) is 12.8 Å². The molecule has 0 bridgehead atoms. The molecule has 1 unspecified atom stereocenters. The quantitative estimate of drug-likeness (QED) is 0.902. The van der Waals surface area contributed by atoms with Gasteiger partial charge in [-0.1, -0.05) is 11.3 Å². The number of halogens is 1. The summed E-state index contributed by atoms with van der Waals surface area (Å²) in [6.45, 7) is 2.88. The maximum absolute atomic E-state index is 11.7. The monoisotopic (exact) mass is 274 g/mol. The van der Waals surface area contributed by atoms with Gasteiger partial charge in [-0.25, -0.2) is 0 Å². The molecule has 0 aromatic carbocycles. The molecule has 1 fully saturated rings. The highest BCUT2D eigenvalue weighted by Crippen LogP contribution is 2.16. The van der Waals surface area contributed by atoms with Crippen molar-refractivity contribution < 1.29 is 4.79 Å². The fourth-order valence-electron chi connectivity index (χ4n) is 2.05. The summed E-state index contributed by atoms with van der Waals surface area (Å²) >= 11 is 6.73. The van der Waals surface area contributed by atoms with Crippen molar-refractivity contribution in [2.24, 2.45) is 5.92 Å². The Morgan fingerprint density at radius 1 is 1.65 bits per heavy atom. The van der Waals surface area contributed by atoms with Gasteiger partial charge in [0.25, 0.3) is 5.91 Å². The molecule has 1 saturated heterocycles. The number of piperidine rings is 1. The van der Waals surface area contributed by atoms with Crippen LogP contribution in [0.1, 0.15) is 22.6 Å². The number of nitrogens with one attached hydrogen (secondary N) is 1. The Morgan fingerprint density at radius 3 is 3.12 bits per heavy atom. The van der Waals surface area contributed by atoms with E-state index in [9.17, 15) is 4.79 Å². The Kier molecular flexibility index (Phi) is 4.31. The molecule has 7 heteroatoms. The molecular weight excluding hydrogens is 260 g/mol. The molecule has 2 rings (SSSR count). The Labute approximate surface area is 109 Å². The summed E-state index contributed by atoms with van der Waals surface area (Å²) in [5.74, 6) is 0.351. The second kappa shape index (κ2) is 5.75. The smallest absolute Gasteiger partial charge is 0.282 e. The predicted octanol–water partition coefficient (Wildman–Crippen LogP) is 1.26. The van der Waals surface area contributed by atoms with E-state index in [1.807, 2.05) is 0 Å². The number of likely N-dealkylation sites (tertiary alicyclic amines) is 1. The minimum absolute atomic E-state index is 0.178. The summed E-state index contributed by atoms with van der Waals surface area (Å²) in [6.07, 6.45) is 2.36. The number of rotatable bonds is 3. The Morgan fingerprint density at radius 2 is 2.47 bits per heavy atom. The normalized spacial score (nSPS) is 21.4. The van der Waals surface area contributed by atoms with Crippen LogP contribution < -0.4 is 5.32 Å². The first kappa shape index (κ1) is 12.7. The Balaban J connectivity index is 1.80. The molecule has 0 radical (unpaired) electrons. The van der Waals surface area contributed by atoms with Crippen LogP contribution in [0, 0.1) is 5.92 Å². The van der Waals surface area contributed by atoms with Crippen LogP contribution in [0.2, 0.25) is 4.47 Å². The third-order valence-corrected chi connectivity index (χ3v) is 3.89. The number of carbonyl (C=O) groups excluding carboxylic acids is 1. The lowest BCUT2D eigenvalue weighted by Crippen LogP contribution is -2.39. The highest BCUT2D eigenvalue weighted by molar-refractivity contribution is 7.17. The minimum Gasteiger partial charge on any atom is -0.350 e. The lowest BCUT2D eigenvalue weighted by Gasteiger charge is -2.29. The van der Waals surface area contributed by atoms with Gasteiger partial charge >= 0.3 is 0 Å². The van der Waals surface area contributed by atoms with Gasteiger partial charge in [-0.15, -0.1) is 10.2 Å². The van der Waals surface area contributed by atoms with Gasteiger partial charge in [-0.2, -0.15) is 0 Å². The summed E-state index contributed by atoms with van der Waals surface area (Å²) in [5, 5.41) is 10.5. The van der Waals surface area contributed by atoms with E-state index in [0.717, 1.165) is 24.4 Å². The predicted molar refractivity (Wildman–Crippen MR) is 67.5 cm³/mol. The van der Waals surface area contributed by atoms with E-state index >= 15 is 0 Å². The van der Waals surface area contributed by atoms with Gasteiger partial charge in [0.1, 0.15) is 0 Å². The van der Waals surface area contributed by atoms with Gasteiger partial charge in [0.2, 0.25) is 9.47 Å². The van der Waals surface area contributed by atoms with Gasteiger partial charge < -0.3 is 10.2 Å². The molecule has 1 aromatic heterocycles. The first-order valence-electron chi connectivity index (χ1n) is 5.61. The molecule has 17 heavy (non-hydrogen) atoms. The van der Waals surface area contributed by atoms with Crippen LogP contribution in [0.4, 0.5) is 0 Å². The van der Waals surface area contributed by atoms with Crippen molar-refractivity contribution in [3.05, 3.63) is 9.47 Å². The molecule has 0 saturated carbocycles. The third kappa shape index (κ3) is 3.62. The van der Waals surface area contributed by atoms with Crippen LogP contribution in [-0.2, 0) is 0 Å². The second-order valence-electron chi connectivity index (χ2n) is 4.34. The highest BCUT2D eigenvalue weighted by Gasteiger charge is 2.19. The minimum atomic E-state index is -0.178. The summed E-state index contributed by atoms with van der Waals surface area (Å²) < 4.78 is 0.299. The molecule has 5 nitrogen and oxygen atoms in total. The zero-order valence-corrected chi connectivity index (χ0v) is 11.2. The standard InChI is InChI=1S/C10H15ClN4OS/c1-15-4-2-3-7(6-15)5-12-8(16)9-13-14-10(11)17-9/h7H,2-6H2,1H3,(H,12,16). The third-order valence-electron chi connectivity index (χ3n) is 2.87. The molecule has 1 atom stereocenters. The maximum Gasteiger partial charge on any atom is 0.282 e. The molecule has 94 valence electrons. The van der Waals surface area contributed by atoms with Gasteiger partial charge in [0.15, 0.2) is 0 Å². The summed E-state index contributed by atoms with van der Waals surface area (Å²) in [7, 11) is 2.11. The Bertz CT molecular complexity index is 397.